The van der Waals surface area contributed by atoms with Crippen LogP contribution in [0.4, 0.5) is 4.39 Å². The maximum atomic E-state index is 13.6. The van der Waals surface area contributed by atoms with Crippen LogP contribution in [0, 0.1) is 5.82 Å². The fourth-order valence-corrected chi connectivity index (χ4v) is 2.70. The van der Waals surface area contributed by atoms with Gasteiger partial charge in [-0.1, -0.05) is 48.9 Å². The van der Waals surface area contributed by atoms with E-state index in [1.54, 1.807) is 13.2 Å². The van der Waals surface area contributed by atoms with E-state index in [1.165, 1.54) is 12.1 Å². The number of methoxy groups -OCH3 is 1. The number of ether oxygens (including phenoxy) is 1. The van der Waals surface area contributed by atoms with Gasteiger partial charge < -0.3 is 10.1 Å². The van der Waals surface area contributed by atoms with Crippen LogP contribution in [-0.2, 0) is 4.74 Å². The van der Waals surface area contributed by atoms with Gasteiger partial charge in [0, 0.05) is 12.1 Å². The summed E-state index contributed by atoms with van der Waals surface area (Å²) in [6.45, 7) is 2.72. The molecule has 0 saturated heterocycles. The predicted molar refractivity (Wildman–Crippen MR) is 84.0 cm³/mol. The molecule has 0 aliphatic carbocycles. The molecule has 4 heteroatoms. The summed E-state index contributed by atoms with van der Waals surface area (Å²) in [6.07, 6.45) is -0.245. The van der Waals surface area contributed by atoms with E-state index >= 15 is 0 Å². The summed E-state index contributed by atoms with van der Waals surface area (Å²) in [7, 11) is 1.65. The van der Waals surface area contributed by atoms with Crippen molar-refractivity contribution >= 4 is 11.6 Å². The molecule has 0 bridgehead atoms. The van der Waals surface area contributed by atoms with Gasteiger partial charge in [-0.05, 0) is 35.9 Å². The first-order valence-electron chi connectivity index (χ1n) is 6.93. The van der Waals surface area contributed by atoms with E-state index in [4.69, 9.17) is 16.3 Å². The second kappa shape index (κ2) is 7.55. The first kappa shape index (κ1) is 16.0. The zero-order valence-electron chi connectivity index (χ0n) is 12.1. The Hall–Kier alpha value is -1.42. The zero-order valence-corrected chi connectivity index (χ0v) is 12.9. The Bertz CT molecular complexity index is 576. The minimum Gasteiger partial charge on any atom is -0.375 e. The molecule has 0 fully saturated rings. The van der Waals surface area contributed by atoms with Gasteiger partial charge in [-0.2, -0.15) is 0 Å². The summed E-state index contributed by atoms with van der Waals surface area (Å²) in [6, 6.07) is 14.0. The smallest absolute Gasteiger partial charge is 0.123 e. The highest BCUT2D eigenvalue weighted by atomic mass is 35.5. The van der Waals surface area contributed by atoms with Crippen molar-refractivity contribution in [2.75, 3.05) is 13.7 Å². The number of benzene rings is 2. The molecule has 2 unspecified atom stereocenters. The molecule has 0 aromatic heterocycles. The van der Waals surface area contributed by atoms with Gasteiger partial charge in [0.1, 0.15) is 11.9 Å². The normalized spacial score (nSPS) is 13.9. The lowest BCUT2D eigenvalue weighted by Gasteiger charge is -2.28. The predicted octanol–water partition coefficient (Wildman–Crippen LogP) is 4.52. The Morgan fingerprint density at radius 2 is 1.90 bits per heavy atom. The molecule has 1 N–H and O–H groups in total. The zero-order chi connectivity index (χ0) is 15.2. The molecule has 2 nitrogen and oxygen atoms in total. The molecule has 2 rings (SSSR count). The van der Waals surface area contributed by atoms with Gasteiger partial charge in [0.2, 0.25) is 0 Å². The van der Waals surface area contributed by atoms with Crippen molar-refractivity contribution in [3.63, 3.8) is 0 Å². The molecular weight excluding hydrogens is 289 g/mol. The van der Waals surface area contributed by atoms with E-state index in [1.807, 2.05) is 37.3 Å². The number of halogens is 2. The highest BCUT2D eigenvalue weighted by molar-refractivity contribution is 6.31. The Labute approximate surface area is 129 Å². The number of nitrogens with one attached hydrogen (secondary N) is 1. The van der Waals surface area contributed by atoms with Gasteiger partial charge in [0.25, 0.3) is 0 Å². The fourth-order valence-electron chi connectivity index (χ4n) is 2.46. The molecule has 0 aliphatic heterocycles. The average molecular weight is 308 g/mol. The van der Waals surface area contributed by atoms with Crippen molar-refractivity contribution in [2.45, 2.75) is 19.1 Å². The summed E-state index contributed by atoms with van der Waals surface area (Å²) >= 11 is 6.25. The van der Waals surface area contributed by atoms with Crippen LogP contribution in [0.2, 0.25) is 5.02 Å². The van der Waals surface area contributed by atoms with Crippen LogP contribution in [-0.4, -0.2) is 13.7 Å². The van der Waals surface area contributed by atoms with E-state index in [9.17, 15) is 4.39 Å². The standard InChI is InChI=1S/C17H19ClFNO/c1-3-20-16(14-11-13(19)9-10-15(14)18)17(21-2)12-7-5-4-6-8-12/h4-11,16-17,20H,3H2,1-2H3. The second-order valence-corrected chi connectivity index (χ2v) is 5.18. The summed E-state index contributed by atoms with van der Waals surface area (Å²) < 4.78 is 19.2. The van der Waals surface area contributed by atoms with Gasteiger partial charge in [-0.3, -0.25) is 0 Å². The third-order valence-corrected chi connectivity index (χ3v) is 3.75. The average Bonchev–Trinajstić information content (AvgIpc) is 2.51. The molecule has 112 valence electrons. The molecule has 0 amide bonds. The van der Waals surface area contributed by atoms with E-state index in [0.717, 1.165) is 12.1 Å². The fraction of sp³-hybridized carbons (Fsp3) is 0.294. The molecular formula is C17H19ClFNO. The molecule has 0 heterocycles. The van der Waals surface area contributed by atoms with Gasteiger partial charge in [0.05, 0.1) is 6.04 Å². The van der Waals surface area contributed by atoms with E-state index in [0.29, 0.717) is 10.6 Å². The van der Waals surface area contributed by atoms with Crippen LogP contribution in [0.1, 0.15) is 30.2 Å². The Kier molecular flexibility index (Phi) is 5.74. The molecule has 2 aromatic rings. The lowest BCUT2D eigenvalue weighted by atomic mass is 9.95. The highest BCUT2D eigenvalue weighted by Gasteiger charge is 2.26. The lowest BCUT2D eigenvalue weighted by molar-refractivity contribution is 0.0681. The summed E-state index contributed by atoms with van der Waals surface area (Å²) in [4.78, 5) is 0. The van der Waals surface area contributed by atoms with Gasteiger partial charge in [-0.15, -0.1) is 0 Å². The number of hydrogen-bond acceptors (Lipinski definition) is 2. The minimum atomic E-state index is -0.305. The van der Waals surface area contributed by atoms with Crippen molar-refractivity contribution in [3.05, 3.63) is 70.5 Å². The molecule has 21 heavy (non-hydrogen) atoms. The first-order chi connectivity index (χ1) is 10.2. The summed E-state index contributed by atoms with van der Waals surface area (Å²) in [5, 5.41) is 3.87. The number of hydrogen-bond donors (Lipinski definition) is 1. The third-order valence-electron chi connectivity index (χ3n) is 3.40. The number of likely N-dealkylation sites (N-methyl/N-ethyl adjacent to an activating group) is 1. The van der Waals surface area contributed by atoms with Crippen LogP contribution in [0.5, 0.6) is 0 Å². The third kappa shape index (κ3) is 3.82. The summed E-state index contributed by atoms with van der Waals surface area (Å²) in [5.41, 5.74) is 1.72. The van der Waals surface area contributed by atoms with Gasteiger partial charge in [0.15, 0.2) is 0 Å². The maximum Gasteiger partial charge on any atom is 0.123 e. The van der Waals surface area contributed by atoms with Crippen molar-refractivity contribution in [2.24, 2.45) is 0 Å². The van der Waals surface area contributed by atoms with Crippen LogP contribution in [0.25, 0.3) is 0 Å². The quantitative estimate of drug-likeness (QED) is 0.847. The monoisotopic (exact) mass is 307 g/mol. The van der Waals surface area contributed by atoms with E-state index in [2.05, 4.69) is 5.32 Å². The van der Waals surface area contributed by atoms with Crippen LogP contribution in [0.15, 0.2) is 48.5 Å². The Morgan fingerprint density at radius 1 is 1.19 bits per heavy atom. The second-order valence-electron chi connectivity index (χ2n) is 4.77. The molecule has 0 radical (unpaired) electrons. The van der Waals surface area contributed by atoms with E-state index in [-0.39, 0.29) is 18.0 Å². The first-order valence-corrected chi connectivity index (χ1v) is 7.31. The minimum absolute atomic E-state index is 0.217. The molecule has 2 aromatic carbocycles. The van der Waals surface area contributed by atoms with Crippen molar-refractivity contribution < 1.29 is 9.13 Å². The van der Waals surface area contributed by atoms with Crippen molar-refractivity contribution in [1.29, 1.82) is 0 Å². The molecule has 0 aliphatic rings. The topological polar surface area (TPSA) is 21.3 Å². The highest BCUT2D eigenvalue weighted by Crippen LogP contribution is 2.35. The van der Waals surface area contributed by atoms with Crippen molar-refractivity contribution in [3.8, 4) is 0 Å². The van der Waals surface area contributed by atoms with Crippen LogP contribution >= 0.6 is 11.6 Å². The van der Waals surface area contributed by atoms with Crippen molar-refractivity contribution in [1.82, 2.24) is 5.32 Å². The Balaban J connectivity index is 2.43. The van der Waals surface area contributed by atoms with Gasteiger partial charge in [-0.25, -0.2) is 4.39 Å². The molecule has 0 spiro atoms. The molecule has 2 atom stereocenters. The number of rotatable bonds is 6. The van der Waals surface area contributed by atoms with Crippen LogP contribution in [0.3, 0.4) is 0 Å². The largest absolute Gasteiger partial charge is 0.375 e. The summed E-state index contributed by atoms with van der Waals surface area (Å²) in [5.74, 6) is -0.305. The SMILES string of the molecule is CCNC(c1cc(F)ccc1Cl)C(OC)c1ccccc1. The molecule has 0 saturated carbocycles. The van der Waals surface area contributed by atoms with E-state index < -0.39 is 0 Å². The van der Waals surface area contributed by atoms with Gasteiger partial charge >= 0.3 is 0 Å². The lowest BCUT2D eigenvalue weighted by Crippen LogP contribution is -2.28. The van der Waals surface area contributed by atoms with Crippen LogP contribution < -0.4 is 5.32 Å². The maximum absolute atomic E-state index is 13.6. The Morgan fingerprint density at radius 3 is 2.52 bits per heavy atom.